The molecule has 0 radical (unpaired) electrons. The van der Waals surface area contributed by atoms with E-state index in [4.69, 9.17) is 9.47 Å². The van der Waals surface area contributed by atoms with Crippen LogP contribution in [0.3, 0.4) is 0 Å². The molecule has 2 aromatic rings. The molecule has 0 saturated carbocycles. The first-order valence-electron chi connectivity index (χ1n) is 8.39. The monoisotopic (exact) mass is 387 g/mol. The molecule has 9 heteroatoms. The summed E-state index contributed by atoms with van der Waals surface area (Å²) in [4.78, 5) is 35.2. The van der Waals surface area contributed by atoms with Crippen LogP contribution >= 0.6 is 0 Å². The second kappa shape index (κ2) is 8.85. The van der Waals surface area contributed by atoms with E-state index in [0.29, 0.717) is 11.4 Å². The quantitative estimate of drug-likeness (QED) is 0.425. The summed E-state index contributed by atoms with van der Waals surface area (Å²) in [6, 6.07) is 9.16. The molecule has 0 heterocycles. The van der Waals surface area contributed by atoms with Gasteiger partial charge in [0.2, 0.25) is 0 Å². The van der Waals surface area contributed by atoms with E-state index < -0.39 is 22.9 Å². The Bertz CT molecular complexity index is 913. The summed E-state index contributed by atoms with van der Waals surface area (Å²) >= 11 is 0. The van der Waals surface area contributed by atoms with Crippen molar-refractivity contribution in [1.82, 2.24) is 0 Å². The van der Waals surface area contributed by atoms with Gasteiger partial charge in [-0.1, -0.05) is 6.07 Å². The van der Waals surface area contributed by atoms with Gasteiger partial charge >= 0.3 is 5.97 Å². The van der Waals surface area contributed by atoms with E-state index >= 15 is 0 Å². The summed E-state index contributed by atoms with van der Waals surface area (Å²) in [7, 11) is 3.01. The molecular formula is C19H21N3O6. The van der Waals surface area contributed by atoms with Crippen LogP contribution in [-0.2, 0) is 9.53 Å². The van der Waals surface area contributed by atoms with Crippen LogP contribution in [0.2, 0.25) is 0 Å². The molecule has 0 fully saturated rings. The minimum atomic E-state index is -1.12. The number of nitrogens with one attached hydrogen (secondary N) is 2. The Morgan fingerprint density at radius 2 is 1.86 bits per heavy atom. The number of anilines is 2. The van der Waals surface area contributed by atoms with Gasteiger partial charge in [0.05, 0.1) is 23.3 Å². The van der Waals surface area contributed by atoms with Gasteiger partial charge < -0.3 is 20.1 Å². The molecule has 0 aromatic heterocycles. The van der Waals surface area contributed by atoms with Crippen LogP contribution in [0.4, 0.5) is 17.1 Å². The van der Waals surface area contributed by atoms with Gasteiger partial charge in [-0.2, -0.15) is 0 Å². The number of hydrogen-bond acceptors (Lipinski definition) is 7. The fraction of sp³-hybridized carbons (Fsp3) is 0.263. The summed E-state index contributed by atoms with van der Waals surface area (Å²) in [5.74, 6) is -0.932. The molecule has 9 nitrogen and oxygen atoms in total. The van der Waals surface area contributed by atoms with Crippen molar-refractivity contribution >= 4 is 28.9 Å². The molecule has 1 atom stereocenters. The second-order valence-electron chi connectivity index (χ2n) is 5.98. The zero-order chi connectivity index (χ0) is 20.8. The van der Waals surface area contributed by atoms with E-state index in [-0.39, 0.29) is 16.9 Å². The van der Waals surface area contributed by atoms with Crippen molar-refractivity contribution in [2.24, 2.45) is 0 Å². The number of nitro benzene ring substituents is 1. The van der Waals surface area contributed by atoms with Crippen LogP contribution in [-0.4, -0.2) is 37.1 Å². The zero-order valence-corrected chi connectivity index (χ0v) is 15.9. The van der Waals surface area contributed by atoms with E-state index in [1.165, 1.54) is 33.2 Å². The Morgan fingerprint density at radius 1 is 1.14 bits per heavy atom. The van der Waals surface area contributed by atoms with Crippen molar-refractivity contribution in [1.29, 1.82) is 0 Å². The van der Waals surface area contributed by atoms with Gasteiger partial charge in [-0.3, -0.25) is 14.9 Å². The first kappa shape index (κ1) is 20.7. The first-order chi connectivity index (χ1) is 13.3. The minimum Gasteiger partial charge on any atom is -0.495 e. The van der Waals surface area contributed by atoms with E-state index in [0.717, 1.165) is 11.6 Å². The van der Waals surface area contributed by atoms with Gasteiger partial charge in [-0.25, -0.2) is 4.79 Å². The zero-order valence-electron chi connectivity index (χ0n) is 15.9. The number of rotatable bonds is 7. The van der Waals surface area contributed by atoms with Crippen molar-refractivity contribution in [2.75, 3.05) is 24.8 Å². The topological polar surface area (TPSA) is 120 Å². The van der Waals surface area contributed by atoms with Gasteiger partial charge in [0.1, 0.15) is 11.4 Å². The maximum absolute atomic E-state index is 12.4. The van der Waals surface area contributed by atoms with Crippen LogP contribution in [0.5, 0.6) is 5.75 Å². The maximum atomic E-state index is 12.4. The Kier molecular flexibility index (Phi) is 6.54. The van der Waals surface area contributed by atoms with Gasteiger partial charge in [-0.15, -0.1) is 0 Å². The van der Waals surface area contributed by atoms with Gasteiger partial charge in [0.15, 0.2) is 6.10 Å². The second-order valence-corrected chi connectivity index (χ2v) is 5.98. The lowest BCUT2D eigenvalue weighted by molar-refractivity contribution is -0.384. The molecule has 0 unspecified atom stereocenters. The number of carbonyl (C=O) groups is 2. The largest absolute Gasteiger partial charge is 0.495 e. The van der Waals surface area contributed by atoms with Crippen molar-refractivity contribution in [2.45, 2.75) is 20.0 Å². The third-order valence-corrected chi connectivity index (χ3v) is 3.97. The molecule has 1 amide bonds. The number of esters is 1. The molecule has 148 valence electrons. The molecule has 0 aliphatic heterocycles. The standard InChI is InChI=1S/C19H21N3O6/c1-11-5-8-17(27-4)15(9-11)21-18(23)12(2)28-19(24)13-6-7-14(20-3)16(10-13)22(25)26/h5-10,12,20H,1-4H3,(H,21,23)/t12-/m1/s1. The van der Waals surface area contributed by atoms with Crippen LogP contribution in [0, 0.1) is 17.0 Å². The van der Waals surface area contributed by atoms with Crippen LogP contribution in [0.25, 0.3) is 0 Å². The molecule has 28 heavy (non-hydrogen) atoms. The van der Waals surface area contributed by atoms with Gasteiger partial charge in [0.25, 0.3) is 11.6 Å². The number of amides is 1. The number of nitrogens with zero attached hydrogens (tertiary/aromatic N) is 1. The summed E-state index contributed by atoms with van der Waals surface area (Å²) in [5.41, 5.74) is 1.33. The van der Waals surface area contributed by atoms with Crippen LogP contribution in [0.1, 0.15) is 22.8 Å². The molecule has 0 bridgehead atoms. The van der Waals surface area contributed by atoms with E-state index in [9.17, 15) is 19.7 Å². The predicted molar refractivity (Wildman–Crippen MR) is 104 cm³/mol. The highest BCUT2D eigenvalue weighted by atomic mass is 16.6. The average Bonchev–Trinajstić information content (AvgIpc) is 2.67. The normalized spacial score (nSPS) is 11.3. The van der Waals surface area contributed by atoms with Crippen molar-refractivity contribution < 1.29 is 24.0 Å². The molecular weight excluding hydrogens is 366 g/mol. The summed E-state index contributed by atoms with van der Waals surface area (Å²) in [5, 5.41) is 16.4. The molecule has 0 aliphatic rings. The number of benzene rings is 2. The Hall–Kier alpha value is -3.62. The Morgan fingerprint density at radius 3 is 2.46 bits per heavy atom. The minimum absolute atomic E-state index is 0.0292. The summed E-state index contributed by atoms with van der Waals surface area (Å²) in [6.45, 7) is 3.27. The van der Waals surface area contributed by atoms with Crippen molar-refractivity contribution in [3.63, 3.8) is 0 Å². The third-order valence-electron chi connectivity index (χ3n) is 3.97. The highest BCUT2D eigenvalue weighted by molar-refractivity contribution is 5.98. The lowest BCUT2D eigenvalue weighted by Gasteiger charge is -2.16. The third kappa shape index (κ3) is 4.76. The lowest BCUT2D eigenvalue weighted by Crippen LogP contribution is -2.30. The molecule has 0 aliphatic carbocycles. The van der Waals surface area contributed by atoms with Crippen LogP contribution in [0.15, 0.2) is 36.4 Å². The number of aryl methyl sites for hydroxylation is 1. The fourth-order valence-corrected chi connectivity index (χ4v) is 2.46. The highest BCUT2D eigenvalue weighted by Gasteiger charge is 2.23. The fourth-order valence-electron chi connectivity index (χ4n) is 2.46. The molecule has 0 spiro atoms. The van der Waals surface area contributed by atoms with E-state index in [1.807, 2.05) is 13.0 Å². The van der Waals surface area contributed by atoms with Crippen molar-refractivity contribution in [3.8, 4) is 5.75 Å². The van der Waals surface area contributed by atoms with Crippen LogP contribution < -0.4 is 15.4 Å². The van der Waals surface area contributed by atoms with Gasteiger partial charge in [0, 0.05) is 13.1 Å². The highest BCUT2D eigenvalue weighted by Crippen LogP contribution is 2.27. The lowest BCUT2D eigenvalue weighted by atomic mass is 10.1. The predicted octanol–water partition coefficient (Wildman–Crippen LogP) is 3.14. The first-order valence-corrected chi connectivity index (χ1v) is 8.39. The summed E-state index contributed by atoms with van der Waals surface area (Å²) in [6.07, 6.45) is -1.12. The van der Waals surface area contributed by atoms with Crippen molar-refractivity contribution in [3.05, 3.63) is 57.6 Å². The number of nitro groups is 1. The SMILES string of the molecule is CNc1ccc(C(=O)O[C@H](C)C(=O)Nc2cc(C)ccc2OC)cc1[N+](=O)[O-]. The summed E-state index contributed by atoms with van der Waals surface area (Å²) < 4.78 is 10.3. The number of ether oxygens (including phenoxy) is 2. The Balaban J connectivity index is 2.12. The average molecular weight is 387 g/mol. The Labute approximate surface area is 161 Å². The molecule has 0 saturated heterocycles. The number of hydrogen-bond donors (Lipinski definition) is 2. The van der Waals surface area contributed by atoms with E-state index in [1.54, 1.807) is 12.1 Å². The number of carbonyl (C=O) groups excluding carboxylic acids is 2. The van der Waals surface area contributed by atoms with E-state index in [2.05, 4.69) is 10.6 Å². The molecule has 2 rings (SSSR count). The molecule has 2 N–H and O–H groups in total. The molecule has 2 aromatic carbocycles. The number of methoxy groups -OCH3 is 1. The maximum Gasteiger partial charge on any atom is 0.339 e. The van der Waals surface area contributed by atoms with Gasteiger partial charge in [-0.05, 0) is 43.7 Å². The smallest absolute Gasteiger partial charge is 0.339 e.